The number of carbonyl (C=O) groups is 1. The molecule has 0 saturated carbocycles. The Morgan fingerprint density at radius 2 is 1.55 bits per heavy atom. The molecule has 0 atom stereocenters. The monoisotopic (exact) mass is 414 g/mol. The molecule has 152 valence electrons. The fraction of sp³-hybridized carbons (Fsp3) is 0.158. The summed E-state index contributed by atoms with van der Waals surface area (Å²) in [6.45, 7) is -0.632. The van der Waals surface area contributed by atoms with Crippen LogP contribution in [0.2, 0.25) is 0 Å². The maximum Gasteiger partial charge on any atom is 0.416 e. The third kappa shape index (κ3) is 4.95. The maximum absolute atomic E-state index is 12.9. The Morgan fingerprint density at radius 3 is 2.17 bits per heavy atom. The van der Waals surface area contributed by atoms with E-state index < -0.39 is 41.7 Å². The normalized spacial score (nSPS) is 12.1. The summed E-state index contributed by atoms with van der Waals surface area (Å²) in [7, 11) is 0. The van der Waals surface area contributed by atoms with Gasteiger partial charge in [-0.15, -0.1) is 0 Å². The van der Waals surface area contributed by atoms with Crippen molar-refractivity contribution in [1.82, 2.24) is 4.98 Å². The highest BCUT2D eigenvalue weighted by molar-refractivity contribution is 5.92. The summed E-state index contributed by atoms with van der Waals surface area (Å²) in [5.74, 6) is -0.677. The Kier molecular flexibility index (Phi) is 5.36. The van der Waals surface area contributed by atoms with Gasteiger partial charge in [0.15, 0.2) is 6.61 Å². The molecule has 1 aromatic heterocycles. The standard InChI is InChI=1S/C19H12F6N2O2/c20-18(21,22)12-7-13(19(23,24)25)9-14(8-12)27-16(28)10-29-15-5-1-3-11-4-2-6-26-17(11)15/h1-9H,10H2,(H,27,28). The van der Waals surface area contributed by atoms with Crippen LogP contribution in [0.25, 0.3) is 10.9 Å². The van der Waals surface area contributed by atoms with E-state index in [0.29, 0.717) is 17.6 Å². The van der Waals surface area contributed by atoms with Gasteiger partial charge in [0.05, 0.1) is 11.1 Å². The third-order valence-corrected chi connectivity index (χ3v) is 3.83. The number of nitrogens with one attached hydrogen (secondary N) is 1. The molecule has 2 aromatic carbocycles. The van der Waals surface area contributed by atoms with Gasteiger partial charge in [-0.25, -0.2) is 0 Å². The predicted octanol–water partition coefficient (Wildman–Crippen LogP) is 5.29. The lowest BCUT2D eigenvalue weighted by atomic mass is 10.1. The predicted molar refractivity (Wildman–Crippen MR) is 92.3 cm³/mol. The second kappa shape index (κ2) is 7.61. The molecule has 4 nitrogen and oxygen atoms in total. The van der Waals surface area contributed by atoms with Crippen LogP contribution in [0.1, 0.15) is 11.1 Å². The van der Waals surface area contributed by atoms with Crippen LogP contribution >= 0.6 is 0 Å². The SMILES string of the molecule is O=C(COc1cccc2cccnc12)Nc1cc(C(F)(F)F)cc(C(F)(F)F)c1. The van der Waals surface area contributed by atoms with Gasteiger partial charge in [-0.1, -0.05) is 18.2 Å². The van der Waals surface area contributed by atoms with Crippen LogP contribution in [-0.2, 0) is 17.1 Å². The first-order chi connectivity index (χ1) is 13.5. The van der Waals surface area contributed by atoms with E-state index in [0.717, 1.165) is 5.39 Å². The minimum atomic E-state index is -5.01. The van der Waals surface area contributed by atoms with Crippen molar-refractivity contribution >= 4 is 22.5 Å². The molecule has 0 unspecified atom stereocenters. The molecule has 0 aliphatic carbocycles. The largest absolute Gasteiger partial charge is 0.481 e. The summed E-state index contributed by atoms with van der Waals surface area (Å²) in [4.78, 5) is 16.1. The van der Waals surface area contributed by atoms with Gasteiger partial charge >= 0.3 is 12.4 Å². The van der Waals surface area contributed by atoms with E-state index in [1.165, 1.54) is 12.3 Å². The van der Waals surface area contributed by atoms with Crippen LogP contribution in [-0.4, -0.2) is 17.5 Å². The van der Waals surface area contributed by atoms with E-state index in [2.05, 4.69) is 4.98 Å². The van der Waals surface area contributed by atoms with Gasteiger partial charge in [0.2, 0.25) is 0 Å². The van der Waals surface area contributed by atoms with Crippen LogP contribution in [0, 0.1) is 0 Å². The van der Waals surface area contributed by atoms with Gasteiger partial charge in [0, 0.05) is 17.3 Å². The fourth-order valence-corrected chi connectivity index (χ4v) is 2.56. The lowest BCUT2D eigenvalue weighted by Gasteiger charge is -2.15. The van der Waals surface area contributed by atoms with E-state index in [-0.39, 0.29) is 11.8 Å². The van der Waals surface area contributed by atoms with Gasteiger partial charge in [0.1, 0.15) is 11.3 Å². The Balaban J connectivity index is 1.78. The molecule has 3 aromatic rings. The molecular weight excluding hydrogens is 402 g/mol. The molecule has 0 aliphatic rings. The molecule has 1 amide bonds. The Morgan fingerprint density at radius 1 is 0.931 bits per heavy atom. The van der Waals surface area contributed by atoms with Crippen molar-refractivity contribution in [1.29, 1.82) is 0 Å². The number of anilines is 1. The van der Waals surface area contributed by atoms with Gasteiger partial charge < -0.3 is 10.1 Å². The van der Waals surface area contributed by atoms with Crippen molar-refractivity contribution in [3.05, 3.63) is 65.9 Å². The molecule has 0 saturated heterocycles. The molecule has 1 heterocycles. The number of amides is 1. The minimum Gasteiger partial charge on any atom is -0.481 e. The zero-order chi connectivity index (χ0) is 21.2. The number of para-hydroxylation sites is 1. The second-order valence-electron chi connectivity index (χ2n) is 5.96. The van der Waals surface area contributed by atoms with Crippen LogP contribution < -0.4 is 10.1 Å². The average Bonchev–Trinajstić information content (AvgIpc) is 2.64. The highest BCUT2D eigenvalue weighted by Gasteiger charge is 2.37. The first-order valence-corrected chi connectivity index (χ1v) is 8.10. The topological polar surface area (TPSA) is 51.2 Å². The Bertz CT molecular complexity index is 1010. The summed E-state index contributed by atoms with van der Waals surface area (Å²) < 4.78 is 82.6. The number of hydrogen-bond donors (Lipinski definition) is 1. The van der Waals surface area contributed by atoms with E-state index in [1.807, 2.05) is 5.32 Å². The summed E-state index contributed by atoms with van der Waals surface area (Å²) in [6, 6.07) is 9.24. The molecule has 0 radical (unpaired) electrons. The highest BCUT2D eigenvalue weighted by atomic mass is 19.4. The number of rotatable bonds is 4. The van der Waals surface area contributed by atoms with E-state index >= 15 is 0 Å². The molecule has 0 aliphatic heterocycles. The van der Waals surface area contributed by atoms with Crippen molar-refractivity contribution in [2.75, 3.05) is 11.9 Å². The molecule has 0 spiro atoms. The summed E-state index contributed by atoms with van der Waals surface area (Å²) >= 11 is 0. The van der Waals surface area contributed by atoms with Gasteiger partial charge in [-0.3, -0.25) is 9.78 Å². The second-order valence-corrected chi connectivity index (χ2v) is 5.96. The molecular formula is C19H12F6N2O2. The van der Waals surface area contributed by atoms with E-state index in [1.54, 1.807) is 24.3 Å². The summed E-state index contributed by atoms with van der Waals surface area (Å²) in [6.07, 6.45) is -8.51. The minimum absolute atomic E-state index is 0.0199. The number of aromatic nitrogens is 1. The number of ether oxygens (including phenoxy) is 1. The lowest BCUT2D eigenvalue weighted by Crippen LogP contribution is -2.21. The van der Waals surface area contributed by atoms with Crippen LogP contribution in [0.5, 0.6) is 5.75 Å². The van der Waals surface area contributed by atoms with Crippen LogP contribution in [0.3, 0.4) is 0 Å². The molecule has 29 heavy (non-hydrogen) atoms. The number of alkyl halides is 6. The number of nitrogens with zero attached hydrogens (tertiary/aromatic N) is 1. The zero-order valence-corrected chi connectivity index (χ0v) is 14.4. The van der Waals surface area contributed by atoms with Crippen molar-refractivity contribution in [3.63, 3.8) is 0 Å². The first kappa shape index (κ1) is 20.4. The fourth-order valence-electron chi connectivity index (χ4n) is 2.56. The first-order valence-electron chi connectivity index (χ1n) is 8.10. The van der Waals surface area contributed by atoms with Crippen molar-refractivity contribution < 1.29 is 35.9 Å². The molecule has 10 heteroatoms. The smallest absolute Gasteiger partial charge is 0.416 e. The molecule has 3 rings (SSSR count). The maximum atomic E-state index is 12.9. The molecule has 0 bridgehead atoms. The summed E-state index contributed by atoms with van der Waals surface area (Å²) in [5, 5.41) is 2.74. The van der Waals surface area contributed by atoms with E-state index in [9.17, 15) is 31.1 Å². The number of hydrogen-bond acceptors (Lipinski definition) is 3. The quantitative estimate of drug-likeness (QED) is 0.591. The van der Waals surface area contributed by atoms with Gasteiger partial charge in [0.25, 0.3) is 5.91 Å². The molecule has 0 fully saturated rings. The summed E-state index contributed by atoms with van der Waals surface area (Å²) in [5.41, 5.74) is -3.23. The van der Waals surface area contributed by atoms with Crippen LogP contribution in [0.15, 0.2) is 54.7 Å². The highest BCUT2D eigenvalue weighted by Crippen LogP contribution is 2.37. The number of pyridine rings is 1. The Hall–Kier alpha value is -3.30. The lowest BCUT2D eigenvalue weighted by molar-refractivity contribution is -0.143. The Labute approximate surface area is 160 Å². The number of fused-ring (bicyclic) bond motifs is 1. The number of carbonyl (C=O) groups excluding carboxylic acids is 1. The van der Waals surface area contributed by atoms with Crippen molar-refractivity contribution in [2.24, 2.45) is 0 Å². The van der Waals surface area contributed by atoms with Crippen molar-refractivity contribution in [3.8, 4) is 5.75 Å². The van der Waals surface area contributed by atoms with Gasteiger partial charge in [-0.05, 0) is 30.3 Å². The van der Waals surface area contributed by atoms with Crippen molar-refractivity contribution in [2.45, 2.75) is 12.4 Å². The van der Waals surface area contributed by atoms with Crippen LogP contribution in [0.4, 0.5) is 32.0 Å². The molecule has 1 N–H and O–H groups in total. The van der Waals surface area contributed by atoms with E-state index in [4.69, 9.17) is 4.74 Å². The van der Waals surface area contributed by atoms with Gasteiger partial charge in [-0.2, -0.15) is 26.3 Å². The third-order valence-electron chi connectivity index (χ3n) is 3.83. The number of halogens is 6. The number of benzene rings is 2. The average molecular weight is 414 g/mol. The zero-order valence-electron chi connectivity index (χ0n) is 14.4.